The molecule has 0 radical (unpaired) electrons. The van der Waals surface area contributed by atoms with Crippen LogP contribution in [0.15, 0.2) is 12.1 Å². The van der Waals surface area contributed by atoms with Crippen LogP contribution < -0.4 is 15.5 Å². The third-order valence-electron chi connectivity index (χ3n) is 3.29. The number of fused-ring (bicyclic) bond motifs is 1. The predicted molar refractivity (Wildman–Crippen MR) is 75.3 cm³/mol. The van der Waals surface area contributed by atoms with Crippen LogP contribution in [0.25, 0.3) is 0 Å². The molecule has 2 rings (SSSR count). The highest BCUT2D eigenvalue weighted by atomic mass is 35.5. The topological polar surface area (TPSA) is 32.5 Å². The van der Waals surface area contributed by atoms with E-state index in [1.54, 1.807) is 0 Å². The van der Waals surface area contributed by atoms with Crippen molar-refractivity contribution in [1.82, 2.24) is 0 Å². The van der Waals surface area contributed by atoms with E-state index in [0.29, 0.717) is 6.54 Å². The molecule has 0 unspecified atom stereocenters. The minimum absolute atomic E-state index is 0.686. The number of hydrogen-bond acceptors (Lipinski definition) is 3. The van der Waals surface area contributed by atoms with Crippen molar-refractivity contribution < 1.29 is 0 Å². The first-order valence-corrected chi connectivity index (χ1v) is 6.47. The van der Waals surface area contributed by atoms with Gasteiger partial charge in [0.15, 0.2) is 0 Å². The molecule has 1 heterocycles. The first-order valence-electron chi connectivity index (χ1n) is 6.10. The Labute approximate surface area is 108 Å². The highest BCUT2D eigenvalue weighted by Crippen LogP contribution is 2.37. The van der Waals surface area contributed by atoms with E-state index in [4.69, 9.17) is 17.3 Å². The molecular formula is C13H20ClN3. The smallest absolute Gasteiger partial charge is 0.0635 e. The monoisotopic (exact) mass is 253 g/mol. The Balaban J connectivity index is 2.50. The van der Waals surface area contributed by atoms with Crippen molar-refractivity contribution in [3.8, 4) is 0 Å². The van der Waals surface area contributed by atoms with Crippen LogP contribution in [0.5, 0.6) is 0 Å². The molecule has 0 fully saturated rings. The lowest BCUT2D eigenvalue weighted by Crippen LogP contribution is -2.30. The molecule has 94 valence electrons. The average Bonchev–Trinajstić information content (AvgIpc) is 2.40. The van der Waals surface area contributed by atoms with Gasteiger partial charge in [-0.1, -0.05) is 11.6 Å². The summed E-state index contributed by atoms with van der Waals surface area (Å²) in [7, 11) is 2.13. The van der Waals surface area contributed by atoms with Crippen LogP contribution >= 0.6 is 11.6 Å². The Hall–Kier alpha value is -0.930. The van der Waals surface area contributed by atoms with Gasteiger partial charge < -0.3 is 15.5 Å². The van der Waals surface area contributed by atoms with Crippen LogP contribution in [-0.2, 0) is 0 Å². The number of anilines is 2. The van der Waals surface area contributed by atoms with Gasteiger partial charge in [-0.2, -0.15) is 0 Å². The number of hydrogen-bond donors (Lipinski definition) is 1. The summed E-state index contributed by atoms with van der Waals surface area (Å²) in [5.41, 5.74) is 9.45. The van der Waals surface area contributed by atoms with Crippen LogP contribution in [0.3, 0.4) is 0 Å². The van der Waals surface area contributed by atoms with E-state index < -0.39 is 0 Å². The largest absolute Gasteiger partial charge is 0.373 e. The highest BCUT2D eigenvalue weighted by molar-refractivity contribution is 6.31. The lowest BCUT2D eigenvalue weighted by molar-refractivity contribution is 0.740. The Morgan fingerprint density at radius 1 is 1.35 bits per heavy atom. The second kappa shape index (κ2) is 5.15. The summed E-state index contributed by atoms with van der Waals surface area (Å²) in [5.74, 6) is 0. The molecule has 2 N–H and O–H groups in total. The fourth-order valence-corrected chi connectivity index (χ4v) is 2.80. The SMILES string of the molecule is Cc1cc(Cl)cc2c1N(CCN)CCCN2C. The van der Waals surface area contributed by atoms with Gasteiger partial charge in [-0.05, 0) is 31.0 Å². The molecule has 0 saturated carbocycles. The van der Waals surface area contributed by atoms with Crippen LogP contribution in [0.2, 0.25) is 5.02 Å². The van der Waals surface area contributed by atoms with Crippen molar-refractivity contribution in [3.63, 3.8) is 0 Å². The molecule has 1 aromatic carbocycles. The lowest BCUT2D eigenvalue weighted by Gasteiger charge is -2.27. The molecule has 0 aromatic heterocycles. The van der Waals surface area contributed by atoms with E-state index >= 15 is 0 Å². The molecule has 0 aliphatic carbocycles. The second-order valence-electron chi connectivity index (χ2n) is 4.64. The zero-order valence-corrected chi connectivity index (χ0v) is 11.3. The Kier molecular flexibility index (Phi) is 3.79. The van der Waals surface area contributed by atoms with Crippen molar-refractivity contribution in [1.29, 1.82) is 0 Å². The van der Waals surface area contributed by atoms with E-state index in [1.165, 1.54) is 16.9 Å². The van der Waals surface area contributed by atoms with Crippen molar-refractivity contribution in [2.75, 3.05) is 43.0 Å². The first-order chi connectivity index (χ1) is 8.13. The van der Waals surface area contributed by atoms with Gasteiger partial charge >= 0.3 is 0 Å². The predicted octanol–water partition coefficient (Wildman–Crippen LogP) is 2.25. The summed E-state index contributed by atoms with van der Waals surface area (Å²) < 4.78 is 0. The average molecular weight is 254 g/mol. The standard InChI is InChI=1S/C13H20ClN3/c1-10-8-11(14)9-12-13(10)17(7-4-15)6-3-5-16(12)2/h8-9H,3-7,15H2,1-2H3. The number of nitrogens with two attached hydrogens (primary N) is 1. The van der Waals surface area contributed by atoms with Gasteiger partial charge in [0, 0.05) is 38.2 Å². The Morgan fingerprint density at radius 2 is 2.12 bits per heavy atom. The summed E-state index contributed by atoms with van der Waals surface area (Å²) in [6.07, 6.45) is 1.15. The fraction of sp³-hybridized carbons (Fsp3) is 0.538. The molecule has 0 atom stereocenters. The van der Waals surface area contributed by atoms with Crippen LogP contribution in [-0.4, -0.2) is 33.2 Å². The van der Waals surface area contributed by atoms with E-state index in [2.05, 4.69) is 29.8 Å². The van der Waals surface area contributed by atoms with E-state index in [0.717, 1.165) is 31.1 Å². The molecule has 1 aliphatic rings. The third-order valence-corrected chi connectivity index (χ3v) is 3.51. The van der Waals surface area contributed by atoms with Crippen LogP contribution in [0.4, 0.5) is 11.4 Å². The summed E-state index contributed by atoms with van der Waals surface area (Å²) in [4.78, 5) is 4.66. The molecule has 0 amide bonds. The number of aryl methyl sites for hydroxylation is 1. The Morgan fingerprint density at radius 3 is 2.82 bits per heavy atom. The van der Waals surface area contributed by atoms with E-state index in [9.17, 15) is 0 Å². The first kappa shape index (κ1) is 12.5. The molecule has 17 heavy (non-hydrogen) atoms. The molecule has 4 heteroatoms. The number of rotatable bonds is 2. The molecule has 0 bridgehead atoms. The van der Waals surface area contributed by atoms with Crippen molar-refractivity contribution in [2.24, 2.45) is 5.73 Å². The van der Waals surface area contributed by atoms with E-state index in [1.807, 2.05) is 6.07 Å². The van der Waals surface area contributed by atoms with E-state index in [-0.39, 0.29) is 0 Å². The molecule has 0 saturated heterocycles. The van der Waals surface area contributed by atoms with Gasteiger partial charge in [0.05, 0.1) is 11.4 Å². The number of halogens is 1. The Bertz CT molecular complexity index is 406. The minimum atomic E-state index is 0.686. The van der Waals surface area contributed by atoms with Gasteiger partial charge in [0.2, 0.25) is 0 Å². The zero-order valence-electron chi connectivity index (χ0n) is 10.5. The van der Waals surface area contributed by atoms with Gasteiger partial charge in [0.25, 0.3) is 0 Å². The molecule has 3 nitrogen and oxygen atoms in total. The van der Waals surface area contributed by atoms with Crippen LogP contribution in [0, 0.1) is 6.92 Å². The van der Waals surface area contributed by atoms with Gasteiger partial charge in [0.1, 0.15) is 0 Å². The van der Waals surface area contributed by atoms with Crippen molar-refractivity contribution in [3.05, 3.63) is 22.7 Å². The van der Waals surface area contributed by atoms with Gasteiger partial charge in [-0.15, -0.1) is 0 Å². The van der Waals surface area contributed by atoms with Gasteiger partial charge in [-0.25, -0.2) is 0 Å². The normalized spacial score (nSPS) is 15.8. The zero-order chi connectivity index (χ0) is 12.4. The summed E-state index contributed by atoms with van der Waals surface area (Å²) in [5, 5.41) is 0.808. The molecule has 0 spiro atoms. The maximum absolute atomic E-state index is 6.16. The minimum Gasteiger partial charge on any atom is -0.373 e. The summed E-state index contributed by atoms with van der Waals surface area (Å²) in [6.45, 7) is 5.84. The maximum atomic E-state index is 6.16. The van der Waals surface area contributed by atoms with Crippen molar-refractivity contribution in [2.45, 2.75) is 13.3 Å². The summed E-state index contributed by atoms with van der Waals surface area (Å²) >= 11 is 6.16. The summed E-state index contributed by atoms with van der Waals surface area (Å²) in [6, 6.07) is 4.09. The molecular weight excluding hydrogens is 234 g/mol. The maximum Gasteiger partial charge on any atom is 0.0635 e. The quantitative estimate of drug-likeness (QED) is 0.878. The van der Waals surface area contributed by atoms with Gasteiger partial charge in [-0.3, -0.25) is 0 Å². The fourth-order valence-electron chi connectivity index (χ4n) is 2.53. The number of nitrogens with zero attached hydrogens (tertiary/aromatic N) is 2. The van der Waals surface area contributed by atoms with Crippen LogP contribution in [0.1, 0.15) is 12.0 Å². The second-order valence-corrected chi connectivity index (χ2v) is 5.08. The number of benzene rings is 1. The molecule has 1 aliphatic heterocycles. The lowest BCUT2D eigenvalue weighted by atomic mass is 10.1. The molecule has 1 aromatic rings. The third kappa shape index (κ3) is 2.50. The highest BCUT2D eigenvalue weighted by Gasteiger charge is 2.20. The van der Waals surface area contributed by atoms with Crippen molar-refractivity contribution >= 4 is 23.0 Å².